The van der Waals surface area contributed by atoms with E-state index in [9.17, 15) is 9.59 Å². The largest absolute Gasteiger partial charge is 0.480 e. The van der Waals surface area contributed by atoms with E-state index in [1.165, 1.54) is 13.8 Å². The van der Waals surface area contributed by atoms with Crippen LogP contribution >= 0.6 is 0 Å². The van der Waals surface area contributed by atoms with Gasteiger partial charge in [0.15, 0.2) is 0 Å². The molecule has 0 saturated heterocycles. The van der Waals surface area contributed by atoms with Crippen molar-refractivity contribution in [3.8, 4) is 0 Å². The molecule has 1 atom stereocenters. The summed E-state index contributed by atoms with van der Waals surface area (Å²) in [5, 5.41) is 11.6. The van der Waals surface area contributed by atoms with Crippen molar-refractivity contribution in [2.24, 2.45) is 5.41 Å². The van der Waals surface area contributed by atoms with Crippen molar-refractivity contribution in [2.45, 2.75) is 33.2 Å². The predicted octanol–water partition coefficient (Wildman–Crippen LogP) is 1.44. The van der Waals surface area contributed by atoms with Crippen LogP contribution in [-0.4, -0.2) is 23.0 Å². The molecule has 5 heteroatoms. The zero-order chi connectivity index (χ0) is 13.1. The van der Waals surface area contributed by atoms with E-state index in [2.05, 4.69) is 5.32 Å². The van der Waals surface area contributed by atoms with Gasteiger partial charge in [-0.2, -0.15) is 0 Å². The molecule has 94 valence electrons. The van der Waals surface area contributed by atoms with E-state index in [1.807, 2.05) is 6.07 Å². The van der Waals surface area contributed by atoms with Gasteiger partial charge >= 0.3 is 5.97 Å². The minimum Gasteiger partial charge on any atom is -0.480 e. The lowest BCUT2D eigenvalue weighted by Gasteiger charge is -2.21. The molecule has 0 aromatic carbocycles. The maximum Gasteiger partial charge on any atom is 0.318 e. The second-order valence-electron chi connectivity index (χ2n) is 4.59. The van der Waals surface area contributed by atoms with Crippen LogP contribution in [0.25, 0.3) is 0 Å². The number of furan rings is 1. The van der Waals surface area contributed by atoms with E-state index < -0.39 is 17.3 Å². The first kappa shape index (κ1) is 13.3. The van der Waals surface area contributed by atoms with Gasteiger partial charge in [0.1, 0.15) is 11.2 Å². The second kappa shape index (κ2) is 5.03. The molecule has 0 bridgehead atoms. The highest BCUT2D eigenvalue weighted by molar-refractivity contribution is 6.01. The summed E-state index contributed by atoms with van der Waals surface area (Å²) in [6.45, 7) is 4.56. The van der Waals surface area contributed by atoms with E-state index in [-0.39, 0.29) is 6.04 Å². The molecule has 0 aliphatic rings. The highest BCUT2D eigenvalue weighted by Crippen LogP contribution is 2.16. The Morgan fingerprint density at radius 2 is 2.18 bits per heavy atom. The van der Waals surface area contributed by atoms with Crippen LogP contribution in [0.5, 0.6) is 0 Å². The molecule has 5 nitrogen and oxygen atoms in total. The Balaban J connectivity index is 2.54. The first-order chi connectivity index (χ1) is 7.84. The van der Waals surface area contributed by atoms with E-state index in [1.54, 1.807) is 19.3 Å². The molecule has 0 aliphatic carbocycles. The standard InChI is InChI=1S/C12H17NO4/c1-8(7-9-5-4-6-17-9)13-10(14)12(2,3)11(15)16/h4-6,8H,7H2,1-3H3,(H,13,14)(H,15,16). The summed E-state index contributed by atoms with van der Waals surface area (Å²) in [6, 6.07) is 3.41. The summed E-state index contributed by atoms with van der Waals surface area (Å²) in [7, 11) is 0. The Kier molecular flexibility index (Phi) is 3.93. The molecular weight excluding hydrogens is 222 g/mol. The molecule has 1 rings (SSSR count). The Bertz CT molecular complexity index is 395. The summed E-state index contributed by atoms with van der Waals surface area (Å²) in [6.07, 6.45) is 2.10. The van der Waals surface area contributed by atoms with Crippen molar-refractivity contribution in [3.63, 3.8) is 0 Å². The predicted molar refractivity (Wildman–Crippen MR) is 61.4 cm³/mol. The second-order valence-corrected chi connectivity index (χ2v) is 4.59. The van der Waals surface area contributed by atoms with Crippen LogP contribution in [0.1, 0.15) is 26.5 Å². The van der Waals surface area contributed by atoms with Crippen molar-refractivity contribution in [1.29, 1.82) is 0 Å². The molecule has 1 unspecified atom stereocenters. The lowest BCUT2D eigenvalue weighted by Crippen LogP contribution is -2.46. The third-order valence-electron chi connectivity index (χ3n) is 2.57. The Morgan fingerprint density at radius 3 is 2.65 bits per heavy atom. The Hall–Kier alpha value is -1.78. The normalized spacial score (nSPS) is 13.1. The van der Waals surface area contributed by atoms with Crippen LogP contribution in [0.15, 0.2) is 22.8 Å². The van der Waals surface area contributed by atoms with Gasteiger partial charge in [-0.25, -0.2) is 0 Å². The molecule has 1 amide bonds. The maximum absolute atomic E-state index is 11.7. The van der Waals surface area contributed by atoms with Gasteiger partial charge in [0.25, 0.3) is 0 Å². The summed E-state index contributed by atoms with van der Waals surface area (Å²) >= 11 is 0. The molecule has 0 aliphatic heterocycles. The van der Waals surface area contributed by atoms with Gasteiger partial charge in [-0.15, -0.1) is 0 Å². The monoisotopic (exact) mass is 239 g/mol. The number of carbonyl (C=O) groups is 2. The van der Waals surface area contributed by atoms with Crippen LogP contribution in [0.2, 0.25) is 0 Å². The number of carboxylic acid groups (broad SMARTS) is 1. The molecule has 1 aromatic heterocycles. The first-order valence-corrected chi connectivity index (χ1v) is 5.40. The zero-order valence-corrected chi connectivity index (χ0v) is 10.2. The minimum absolute atomic E-state index is 0.174. The molecule has 0 saturated carbocycles. The number of carboxylic acids is 1. The van der Waals surface area contributed by atoms with Crippen molar-refractivity contribution < 1.29 is 19.1 Å². The van der Waals surface area contributed by atoms with Gasteiger partial charge in [0, 0.05) is 12.5 Å². The molecule has 1 aromatic rings. The summed E-state index contributed by atoms with van der Waals surface area (Å²) < 4.78 is 5.15. The van der Waals surface area contributed by atoms with E-state index >= 15 is 0 Å². The molecule has 17 heavy (non-hydrogen) atoms. The zero-order valence-electron chi connectivity index (χ0n) is 10.2. The highest BCUT2D eigenvalue weighted by atomic mass is 16.4. The third-order valence-corrected chi connectivity index (χ3v) is 2.57. The van der Waals surface area contributed by atoms with Crippen molar-refractivity contribution in [1.82, 2.24) is 5.32 Å². The van der Waals surface area contributed by atoms with Gasteiger partial charge in [0.2, 0.25) is 5.91 Å². The summed E-state index contributed by atoms with van der Waals surface area (Å²) in [4.78, 5) is 22.6. The molecule has 1 heterocycles. The fraction of sp³-hybridized carbons (Fsp3) is 0.500. The SMILES string of the molecule is CC(Cc1ccco1)NC(=O)C(C)(C)C(=O)O. The van der Waals surface area contributed by atoms with E-state index in [4.69, 9.17) is 9.52 Å². The minimum atomic E-state index is -1.42. The van der Waals surface area contributed by atoms with Crippen LogP contribution < -0.4 is 5.32 Å². The fourth-order valence-electron chi connectivity index (χ4n) is 1.28. The van der Waals surface area contributed by atoms with Crippen LogP contribution in [0, 0.1) is 5.41 Å². The lowest BCUT2D eigenvalue weighted by molar-refractivity contribution is -0.153. The van der Waals surface area contributed by atoms with Crippen LogP contribution in [0.4, 0.5) is 0 Å². The molecule has 0 radical (unpaired) electrons. The third kappa shape index (κ3) is 3.34. The summed E-state index contributed by atoms with van der Waals surface area (Å²) in [5.41, 5.74) is -1.42. The number of rotatable bonds is 5. The Labute approximate surface area is 99.8 Å². The molecule has 2 N–H and O–H groups in total. The average Bonchev–Trinajstić information content (AvgIpc) is 2.69. The van der Waals surface area contributed by atoms with E-state index in [0.29, 0.717) is 6.42 Å². The lowest BCUT2D eigenvalue weighted by atomic mass is 9.92. The quantitative estimate of drug-likeness (QED) is 0.762. The number of nitrogens with one attached hydrogen (secondary N) is 1. The van der Waals surface area contributed by atoms with Gasteiger partial charge in [-0.3, -0.25) is 9.59 Å². The maximum atomic E-state index is 11.7. The average molecular weight is 239 g/mol. The van der Waals surface area contributed by atoms with Crippen molar-refractivity contribution in [3.05, 3.63) is 24.2 Å². The smallest absolute Gasteiger partial charge is 0.318 e. The molecule has 0 spiro atoms. The molecular formula is C12H17NO4. The van der Waals surface area contributed by atoms with Gasteiger partial charge in [0.05, 0.1) is 6.26 Å². The number of hydrogen-bond acceptors (Lipinski definition) is 3. The van der Waals surface area contributed by atoms with Gasteiger partial charge in [-0.05, 0) is 32.9 Å². The van der Waals surface area contributed by atoms with Gasteiger partial charge < -0.3 is 14.8 Å². The van der Waals surface area contributed by atoms with E-state index in [0.717, 1.165) is 5.76 Å². The van der Waals surface area contributed by atoms with Gasteiger partial charge in [-0.1, -0.05) is 0 Å². The molecule has 0 fully saturated rings. The number of carbonyl (C=O) groups excluding carboxylic acids is 1. The van der Waals surface area contributed by atoms with Crippen LogP contribution in [0.3, 0.4) is 0 Å². The number of aliphatic carboxylic acids is 1. The van der Waals surface area contributed by atoms with Crippen molar-refractivity contribution >= 4 is 11.9 Å². The number of hydrogen-bond donors (Lipinski definition) is 2. The Morgan fingerprint density at radius 1 is 1.53 bits per heavy atom. The highest BCUT2D eigenvalue weighted by Gasteiger charge is 2.36. The van der Waals surface area contributed by atoms with Crippen molar-refractivity contribution in [2.75, 3.05) is 0 Å². The summed E-state index contributed by atoms with van der Waals surface area (Å²) in [5.74, 6) is -0.879. The number of amides is 1. The topological polar surface area (TPSA) is 79.5 Å². The van der Waals surface area contributed by atoms with Crippen LogP contribution in [-0.2, 0) is 16.0 Å². The fourth-order valence-corrected chi connectivity index (χ4v) is 1.28. The first-order valence-electron chi connectivity index (χ1n) is 5.40.